The predicted molar refractivity (Wildman–Crippen MR) is 54.7 cm³/mol. The maximum absolute atomic E-state index is 5.43. The average Bonchev–Trinajstić information content (AvgIpc) is 2.68. The quantitative estimate of drug-likeness (QED) is 0.799. The van der Waals surface area contributed by atoms with Crippen molar-refractivity contribution in [2.75, 3.05) is 6.54 Å². The molecule has 0 aliphatic heterocycles. The molecule has 1 aromatic heterocycles. The van der Waals surface area contributed by atoms with Gasteiger partial charge in [0, 0.05) is 12.0 Å². The van der Waals surface area contributed by atoms with Crippen molar-refractivity contribution in [3.05, 3.63) is 42.3 Å². The summed E-state index contributed by atoms with van der Waals surface area (Å²) in [4.78, 5) is 4.32. The number of oxazole rings is 1. The van der Waals surface area contributed by atoms with Crippen LogP contribution in [0.15, 0.2) is 41.0 Å². The van der Waals surface area contributed by atoms with E-state index >= 15 is 0 Å². The second-order valence-corrected chi connectivity index (χ2v) is 3.05. The van der Waals surface area contributed by atoms with Crippen LogP contribution in [-0.4, -0.2) is 11.5 Å². The molecule has 0 spiro atoms. The van der Waals surface area contributed by atoms with Crippen LogP contribution in [0.1, 0.15) is 5.69 Å². The lowest BCUT2D eigenvalue weighted by Crippen LogP contribution is -2.02. The van der Waals surface area contributed by atoms with Crippen LogP contribution in [-0.2, 0) is 6.42 Å². The number of benzene rings is 1. The van der Waals surface area contributed by atoms with Gasteiger partial charge in [0.25, 0.3) is 0 Å². The molecule has 0 fully saturated rings. The van der Waals surface area contributed by atoms with Crippen LogP contribution in [0, 0.1) is 0 Å². The first kappa shape index (κ1) is 8.97. The minimum atomic E-state index is 0.598. The first-order valence-corrected chi connectivity index (χ1v) is 4.60. The summed E-state index contributed by atoms with van der Waals surface area (Å²) in [6, 6.07) is 9.83. The average molecular weight is 188 g/mol. The molecule has 2 aromatic rings. The third-order valence-electron chi connectivity index (χ3n) is 1.97. The maximum atomic E-state index is 5.43. The zero-order valence-corrected chi connectivity index (χ0v) is 7.81. The van der Waals surface area contributed by atoms with Crippen molar-refractivity contribution in [3.8, 4) is 11.5 Å². The Bertz CT molecular complexity index is 395. The summed E-state index contributed by atoms with van der Waals surface area (Å²) in [6.45, 7) is 0.598. The Kier molecular flexibility index (Phi) is 2.60. The lowest BCUT2D eigenvalue weighted by molar-refractivity contribution is 0.572. The summed E-state index contributed by atoms with van der Waals surface area (Å²) < 4.78 is 5.34. The van der Waals surface area contributed by atoms with E-state index in [1.54, 1.807) is 6.26 Å². The normalized spacial score (nSPS) is 10.4. The van der Waals surface area contributed by atoms with Crippen LogP contribution in [0.25, 0.3) is 11.5 Å². The van der Waals surface area contributed by atoms with E-state index < -0.39 is 0 Å². The third kappa shape index (κ3) is 1.83. The number of hydrogen-bond acceptors (Lipinski definition) is 3. The van der Waals surface area contributed by atoms with E-state index in [0.717, 1.165) is 17.7 Å². The molecule has 72 valence electrons. The molecular formula is C11H12N2O. The van der Waals surface area contributed by atoms with Gasteiger partial charge in [-0.15, -0.1) is 0 Å². The van der Waals surface area contributed by atoms with Crippen molar-refractivity contribution >= 4 is 0 Å². The van der Waals surface area contributed by atoms with Gasteiger partial charge >= 0.3 is 0 Å². The Morgan fingerprint density at radius 1 is 1.21 bits per heavy atom. The second-order valence-electron chi connectivity index (χ2n) is 3.05. The molecular weight excluding hydrogens is 176 g/mol. The van der Waals surface area contributed by atoms with E-state index in [1.807, 2.05) is 30.3 Å². The minimum Gasteiger partial charge on any atom is -0.444 e. The molecule has 0 radical (unpaired) electrons. The van der Waals surface area contributed by atoms with Gasteiger partial charge in [-0.05, 0) is 18.7 Å². The first-order valence-electron chi connectivity index (χ1n) is 4.60. The molecule has 3 nitrogen and oxygen atoms in total. The molecule has 2 rings (SSSR count). The van der Waals surface area contributed by atoms with E-state index in [2.05, 4.69) is 4.98 Å². The zero-order valence-electron chi connectivity index (χ0n) is 7.81. The topological polar surface area (TPSA) is 52.0 Å². The molecule has 0 unspecified atom stereocenters. The van der Waals surface area contributed by atoms with Gasteiger partial charge in [0.1, 0.15) is 6.26 Å². The fourth-order valence-electron chi connectivity index (χ4n) is 1.28. The molecule has 2 N–H and O–H groups in total. The molecule has 1 aromatic carbocycles. The predicted octanol–water partition coefficient (Wildman–Crippen LogP) is 1.84. The van der Waals surface area contributed by atoms with E-state index in [9.17, 15) is 0 Å². The Morgan fingerprint density at radius 3 is 2.71 bits per heavy atom. The molecule has 0 saturated heterocycles. The minimum absolute atomic E-state index is 0.598. The van der Waals surface area contributed by atoms with Gasteiger partial charge in [0.15, 0.2) is 0 Å². The highest BCUT2D eigenvalue weighted by atomic mass is 16.3. The molecule has 1 heterocycles. The Balaban J connectivity index is 2.25. The SMILES string of the molecule is NCCc1coc(-c2ccccc2)n1. The summed E-state index contributed by atoms with van der Waals surface area (Å²) in [5.41, 5.74) is 7.33. The molecule has 0 bridgehead atoms. The van der Waals surface area contributed by atoms with Crippen molar-refractivity contribution in [2.24, 2.45) is 5.73 Å². The van der Waals surface area contributed by atoms with Crippen molar-refractivity contribution in [1.82, 2.24) is 4.98 Å². The first-order chi connectivity index (χ1) is 6.90. The highest BCUT2D eigenvalue weighted by Crippen LogP contribution is 2.17. The third-order valence-corrected chi connectivity index (χ3v) is 1.97. The standard InChI is InChI=1S/C11H12N2O/c12-7-6-10-8-14-11(13-10)9-4-2-1-3-5-9/h1-5,8H,6-7,12H2. The molecule has 0 atom stereocenters. The maximum Gasteiger partial charge on any atom is 0.226 e. The van der Waals surface area contributed by atoms with Crippen LogP contribution < -0.4 is 5.73 Å². The van der Waals surface area contributed by atoms with Crippen LogP contribution in [0.4, 0.5) is 0 Å². The van der Waals surface area contributed by atoms with Crippen molar-refractivity contribution in [1.29, 1.82) is 0 Å². The lowest BCUT2D eigenvalue weighted by Gasteiger charge is -1.92. The van der Waals surface area contributed by atoms with E-state index in [0.29, 0.717) is 12.4 Å². The largest absolute Gasteiger partial charge is 0.444 e. The summed E-state index contributed by atoms with van der Waals surface area (Å²) >= 11 is 0. The summed E-state index contributed by atoms with van der Waals surface area (Å²) in [5, 5.41) is 0. The van der Waals surface area contributed by atoms with Crippen molar-refractivity contribution in [3.63, 3.8) is 0 Å². The summed E-state index contributed by atoms with van der Waals surface area (Å²) in [7, 11) is 0. The van der Waals surface area contributed by atoms with Gasteiger partial charge in [0.2, 0.25) is 5.89 Å². The molecule has 14 heavy (non-hydrogen) atoms. The lowest BCUT2D eigenvalue weighted by atomic mass is 10.2. The molecule has 0 amide bonds. The second kappa shape index (κ2) is 4.07. The number of rotatable bonds is 3. The molecule has 0 saturated carbocycles. The van der Waals surface area contributed by atoms with Gasteiger partial charge in [-0.1, -0.05) is 18.2 Å². The van der Waals surface area contributed by atoms with Gasteiger partial charge in [-0.25, -0.2) is 4.98 Å². The molecule has 0 aliphatic rings. The van der Waals surface area contributed by atoms with Gasteiger partial charge < -0.3 is 10.2 Å². The molecule has 0 aliphatic carbocycles. The van der Waals surface area contributed by atoms with Crippen LogP contribution in [0.3, 0.4) is 0 Å². The Morgan fingerprint density at radius 2 is 2.00 bits per heavy atom. The zero-order chi connectivity index (χ0) is 9.80. The summed E-state index contributed by atoms with van der Waals surface area (Å²) in [6.07, 6.45) is 2.42. The summed E-state index contributed by atoms with van der Waals surface area (Å²) in [5.74, 6) is 0.661. The Hall–Kier alpha value is -1.61. The van der Waals surface area contributed by atoms with Gasteiger partial charge in [0.05, 0.1) is 5.69 Å². The highest BCUT2D eigenvalue weighted by Gasteiger charge is 2.04. The van der Waals surface area contributed by atoms with Gasteiger partial charge in [-0.2, -0.15) is 0 Å². The fraction of sp³-hybridized carbons (Fsp3) is 0.182. The number of aromatic nitrogens is 1. The van der Waals surface area contributed by atoms with Crippen molar-refractivity contribution in [2.45, 2.75) is 6.42 Å². The van der Waals surface area contributed by atoms with Crippen LogP contribution in [0.2, 0.25) is 0 Å². The van der Waals surface area contributed by atoms with E-state index in [1.165, 1.54) is 0 Å². The number of hydrogen-bond donors (Lipinski definition) is 1. The smallest absolute Gasteiger partial charge is 0.226 e. The van der Waals surface area contributed by atoms with Gasteiger partial charge in [-0.3, -0.25) is 0 Å². The van der Waals surface area contributed by atoms with Crippen LogP contribution in [0.5, 0.6) is 0 Å². The van der Waals surface area contributed by atoms with E-state index in [4.69, 9.17) is 10.2 Å². The molecule has 3 heteroatoms. The van der Waals surface area contributed by atoms with E-state index in [-0.39, 0.29) is 0 Å². The monoisotopic (exact) mass is 188 g/mol. The fourth-order valence-corrected chi connectivity index (χ4v) is 1.28. The highest BCUT2D eigenvalue weighted by molar-refractivity contribution is 5.52. The van der Waals surface area contributed by atoms with Crippen molar-refractivity contribution < 1.29 is 4.42 Å². The Labute approximate surface area is 82.6 Å². The number of nitrogens with two attached hydrogens (primary N) is 1. The number of nitrogens with zero attached hydrogens (tertiary/aromatic N) is 1. The van der Waals surface area contributed by atoms with Crippen LogP contribution >= 0.6 is 0 Å².